The molecule has 0 heterocycles. The molecule has 5 heteroatoms. The number of hydrogen-bond donors (Lipinski definition) is 2. The smallest absolute Gasteiger partial charge is 0.339 e. The molecule has 5 nitrogen and oxygen atoms in total. The Morgan fingerprint density at radius 1 is 1.17 bits per heavy atom. The number of carboxylic acids is 1. The summed E-state index contributed by atoms with van der Waals surface area (Å²) < 4.78 is 5.81. The molecule has 0 amide bonds. The van der Waals surface area contributed by atoms with Crippen LogP contribution in [0.1, 0.15) is 27.0 Å². The summed E-state index contributed by atoms with van der Waals surface area (Å²) in [5, 5.41) is 18.6. The number of carboxylic acid groups (broad SMARTS) is 1. The number of hydrogen-bond acceptors (Lipinski definition) is 4. The number of aryl methyl sites for hydroxylation is 2. The molecule has 2 N–H and O–H groups in total. The fraction of sp³-hybridized carbons (Fsp3) is 0.316. The third-order valence-corrected chi connectivity index (χ3v) is 3.80. The molecular formula is C19H23NO4. The Bertz CT molecular complexity index is 727. The maximum Gasteiger partial charge on any atom is 0.339 e. The summed E-state index contributed by atoms with van der Waals surface area (Å²) in [6, 6.07) is 10.7. The number of nitrogens with zero attached hydrogens (tertiary/aromatic N) is 1. The van der Waals surface area contributed by atoms with Gasteiger partial charge in [0.15, 0.2) is 0 Å². The fourth-order valence-electron chi connectivity index (χ4n) is 2.52. The summed E-state index contributed by atoms with van der Waals surface area (Å²) in [7, 11) is 1.94. The highest BCUT2D eigenvalue weighted by Crippen LogP contribution is 2.20. The summed E-state index contributed by atoms with van der Waals surface area (Å²) in [6.07, 6.45) is 0. The molecule has 0 radical (unpaired) electrons. The van der Waals surface area contributed by atoms with Crippen molar-refractivity contribution in [2.75, 3.05) is 20.2 Å². The molecule has 0 fully saturated rings. The van der Waals surface area contributed by atoms with Gasteiger partial charge >= 0.3 is 5.97 Å². The molecule has 0 aliphatic carbocycles. The first-order valence-corrected chi connectivity index (χ1v) is 7.80. The Hall–Kier alpha value is -2.53. The number of aromatic carboxylic acids is 1. The lowest BCUT2D eigenvalue weighted by Gasteiger charge is -2.18. The van der Waals surface area contributed by atoms with Crippen molar-refractivity contribution in [1.82, 2.24) is 4.90 Å². The molecule has 24 heavy (non-hydrogen) atoms. The van der Waals surface area contributed by atoms with E-state index in [1.54, 1.807) is 6.07 Å². The lowest BCUT2D eigenvalue weighted by atomic mass is 10.1. The molecule has 0 atom stereocenters. The van der Waals surface area contributed by atoms with Gasteiger partial charge in [-0.2, -0.15) is 0 Å². The van der Waals surface area contributed by atoms with Gasteiger partial charge in [-0.15, -0.1) is 0 Å². The second-order valence-electron chi connectivity index (χ2n) is 6.01. The number of phenols is 1. The minimum Gasteiger partial charge on any atom is -0.507 e. The molecule has 0 saturated carbocycles. The van der Waals surface area contributed by atoms with E-state index in [2.05, 4.69) is 6.07 Å². The molecule has 128 valence electrons. The van der Waals surface area contributed by atoms with Crippen LogP contribution in [0.5, 0.6) is 11.5 Å². The van der Waals surface area contributed by atoms with Crippen molar-refractivity contribution < 1.29 is 19.7 Å². The number of aromatic hydroxyl groups is 1. The van der Waals surface area contributed by atoms with Crippen LogP contribution in [0, 0.1) is 13.8 Å². The Morgan fingerprint density at radius 2 is 1.92 bits per heavy atom. The van der Waals surface area contributed by atoms with Crippen molar-refractivity contribution in [2.24, 2.45) is 0 Å². The molecule has 0 saturated heterocycles. The van der Waals surface area contributed by atoms with Crippen LogP contribution in [0.15, 0.2) is 36.4 Å². The molecule has 0 aliphatic rings. The van der Waals surface area contributed by atoms with Gasteiger partial charge in [0.2, 0.25) is 0 Å². The zero-order valence-corrected chi connectivity index (χ0v) is 14.2. The normalized spacial score (nSPS) is 10.8. The zero-order chi connectivity index (χ0) is 17.7. The average Bonchev–Trinajstić information content (AvgIpc) is 2.51. The van der Waals surface area contributed by atoms with Crippen molar-refractivity contribution in [3.8, 4) is 11.5 Å². The third-order valence-electron chi connectivity index (χ3n) is 3.80. The van der Waals surface area contributed by atoms with Crippen LogP contribution in [-0.4, -0.2) is 41.3 Å². The Kier molecular flexibility index (Phi) is 5.82. The molecule has 0 aromatic heterocycles. The van der Waals surface area contributed by atoms with Crippen LogP contribution in [0.25, 0.3) is 0 Å². The molecule has 2 rings (SSSR count). The number of carbonyl (C=O) groups is 1. The summed E-state index contributed by atoms with van der Waals surface area (Å²) >= 11 is 0. The van der Waals surface area contributed by atoms with E-state index in [-0.39, 0.29) is 11.3 Å². The fourth-order valence-corrected chi connectivity index (χ4v) is 2.52. The number of rotatable bonds is 7. The molecule has 0 aliphatic heterocycles. The summed E-state index contributed by atoms with van der Waals surface area (Å²) in [4.78, 5) is 13.1. The topological polar surface area (TPSA) is 70.0 Å². The van der Waals surface area contributed by atoms with E-state index in [0.29, 0.717) is 19.7 Å². The van der Waals surface area contributed by atoms with E-state index in [1.807, 2.05) is 37.9 Å². The van der Waals surface area contributed by atoms with Crippen LogP contribution in [0.3, 0.4) is 0 Å². The molecular weight excluding hydrogens is 306 g/mol. The van der Waals surface area contributed by atoms with E-state index in [9.17, 15) is 9.90 Å². The monoisotopic (exact) mass is 329 g/mol. The Labute approximate surface area is 142 Å². The van der Waals surface area contributed by atoms with Crippen LogP contribution in [0.2, 0.25) is 0 Å². The van der Waals surface area contributed by atoms with Gasteiger partial charge in [-0.05, 0) is 50.2 Å². The largest absolute Gasteiger partial charge is 0.507 e. The second kappa shape index (κ2) is 7.84. The van der Waals surface area contributed by atoms with Gasteiger partial charge in [-0.3, -0.25) is 4.90 Å². The van der Waals surface area contributed by atoms with Crippen LogP contribution in [0.4, 0.5) is 0 Å². The highest BCUT2D eigenvalue weighted by Gasteiger charge is 2.11. The van der Waals surface area contributed by atoms with E-state index in [4.69, 9.17) is 9.84 Å². The van der Waals surface area contributed by atoms with Gasteiger partial charge < -0.3 is 14.9 Å². The first-order chi connectivity index (χ1) is 11.4. The third kappa shape index (κ3) is 4.73. The first kappa shape index (κ1) is 17.8. The van der Waals surface area contributed by atoms with Gasteiger partial charge in [0, 0.05) is 13.1 Å². The average molecular weight is 329 g/mol. The highest BCUT2D eigenvalue weighted by atomic mass is 16.5. The van der Waals surface area contributed by atoms with Gasteiger partial charge in [-0.1, -0.05) is 23.8 Å². The molecule has 0 spiro atoms. The van der Waals surface area contributed by atoms with Crippen molar-refractivity contribution in [1.29, 1.82) is 0 Å². The predicted molar refractivity (Wildman–Crippen MR) is 92.8 cm³/mol. The van der Waals surface area contributed by atoms with Crippen LogP contribution >= 0.6 is 0 Å². The lowest BCUT2D eigenvalue weighted by Crippen LogP contribution is -2.24. The van der Waals surface area contributed by atoms with E-state index >= 15 is 0 Å². The predicted octanol–water partition coefficient (Wildman–Crippen LogP) is 3.22. The van der Waals surface area contributed by atoms with Gasteiger partial charge in [0.1, 0.15) is 23.7 Å². The number of likely N-dealkylation sites (N-methyl/N-ethyl adjacent to an activating group) is 1. The summed E-state index contributed by atoms with van der Waals surface area (Å²) in [5.74, 6) is -0.464. The second-order valence-corrected chi connectivity index (χ2v) is 6.01. The van der Waals surface area contributed by atoms with E-state index < -0.39 is 5.97 Å². The van der Waals surface area contributed by atoms with Crippen LogP contribution in [-0.2, 0) is 6.54 Å². The minimum atomic E-state index is -1.13. The highest BCUT2D eigenvalue weighted by molar-refractivity contribution is 5.90. The molecule has 2 aromatic carbocycles. The number of benzene rings is 2. The van der Waals surface area contributed by atoms with Crippen molar-refractivity contribution >= 4 is 5.97 Å². The zero-order valence-electron chi connectivity index (χ0n) is 14.2. The standard InChI is InChI=1S/C19H23NO4/c1-13-4-7-18(14(2)10-13)24-9-8-20(3)12-15-5-6-17(21)16(11-15)19(22)23/h4-7,10-11,21H,8-9,12H2,1-3H3,(H,22,23). The SMILES string of the molecule is Cc1ccc(OCCN(C)Cc2ccc(O)c(C(=O)O)c2)c(C)c1. The Morgan fingerprint density at radius 3 is 2.58 bits per heavy atom. The van der Waals surface area contributed by atoms with Gasteiger partial charge in [0.05, 0.1) is 0 Å². The summed E-state index contributed by atoms with van der Waals surface area (Å²) in [5.41, 5.74) is 3.08. The lowest BCUT2D eigenvalue weighted by molar-refractivity contribution is 0.0693. The first-order valence-electron chi connectivity index (χ1n) is 7.80. The summed E-state index contributed by atoms with van der Waals surface area (Å²) in [6.45, 7) is 5.90. The van der Waals surface area contributed by atoms with E-state index in [1.165, 1.54) is 17.7 Å². The number of ether oxygens (including phenoxy) is 1. The van der Waals surface area contributed by atoms with Crippen LogP contribution < -0.4 is 4.74 Å². The minimum absolute atomic E-state index is 0.0765. The Balaban J connectivity index is 1.88. The molecule has 2 aromatic rings. The quantitative estimate of drug-likeness (QED) is 0.816. The van der Waals surface area contributed by atoms with Gasteiger partial charge in [0.25, 0.3) is 0 Å². The van der Waals surface area contributed by atoms with Crippen molar-refractivity contribution in [3.63, 3.8) is 0 Å². The van der Waals surface area contributed by atoms with E-state index in [0.717, 1.165) is 16.9 Å². The molecule has 0 bridgehead atoms. The van der Waals surface area contributed by atoms with Crippen molar-refractivity contribution in [2.45, 2.75) is 20.4 Å². The maximum atomic E-state index is 11.1. The van der Waals surface area contributed by atoms with Crippen molar-refractivity contribution in [3.05, 3.63) is 58.7 Å². The maximum absolute atomic E-state index is 11.1. The van der Waals surface area contributed by atoms with Gasteiger partial charge in [-0.25, -0.2) is 4.79 Å². The molecule has 0 unspecified atom stereocenters.